The van der Waals surface area contributed by atoms with E-state index in [1.54, 1.807) is 25.2 Å². The topological polar surface area (TPSA) is 20.3 Å². The maximum absolute atomic E-state index is 13.1. The number of hydrogen-bond donors (Lipinski definition) is 0. The lowest BCUT2D eigenvalue weighted by molar-refractivity contribution is 0.0784. The van der Waals surface area contributed by atoms with Gasteiger partial charge in [-0.05, 0) is 64.6 Å². The van der Waals surface area contributed by atoms with Crippen LogP contribution in [0.1, 0.15) is 15.9 Å². The molecule has 110 valence electrons. The van der Waals surface area contributed by atoms with Crippen LogP contribution in [-0.4, -0.2) is 17.9 Å². The van der Waals surface area contributed by atoms with Crippen molar-refractivity contribution in [2.45, 2.75) is 6.54 Å². The van der Waals surface area contributed by atoms with Gasteiger partial charge in [0, 0.05) is 27.2 Å². The summed E-state index contributed by atoms with van der Waals surface area (Å²) in [7, 11) is 1.68. The molecule has 0 aliphatic rings. The van der Waals surface area contributed by atoms with Crippen LogP contribution in [0.2, 0.25) is 10.0 Å². The van der Waals surface area contributed by atoms with Gasteiger partial charge in [-0.1, -0.05) is 23.2 Å². The van der Waals surface area contributed by atoms with E-state index in [9.17, 15) is 9.18 Å². The Hall–Kier alpha value is -0.850. The van der Waals surface area contributed by atoms with Crippen LogP contribution in [-0.2, 0) is 6.54 Å². The Labute approximate surface area is 146 Å². The van der Waals surface area contributed by atoms with Crippen molar-refractivity contribution in [3.8, 4) is 0 Å². The quantitative estimate of drug-likeness (QED) is 0.618. The molecule has 0 spiro atoms. The first-order chi connectivity index (χ1) is 9.86. The van der Waals surface area contributed by atoms with Gasteiger partial charge in [0.2, 0.25) is 0 Å². The van der Waals surface area contributed by atoms with Gasteiger partial charge < -0.3 is 4.90 Å². The fourth-order valence-corrected chi connectivity index (χ4v) is 3.20. The van der Waals surface area contributed by atoms with E-state index in [0.29, 0.717) is 25.7 Å². The first-order valence-corrected chi connectivity index (χ1v) is 7.86. The van der Waals surface area contributed by atoms with Crippen LogP contribution in [0, 0.1) is 9.39 Å². The molecule has 0 saturated carbocycles. The largest absolute Gasteiger partial charge is 0.337 e. The molecule has 2 rings (SSSR count). The van der Waals surface area contributed by atoms with E-state index in [1.165, 1.54) is 23.1 Å². The van der Waals surface area contributed by atoms with Crippen LogP contribution in [0.25, 0.3) is 0 Å². The zero-order valence-electron chi connectivity index (χ0n) is 11.0. The third-order valence-corrected chi connectivity index (χ3v) is 4.18. The van der Waals surface area contributed by atoms with Crippen LogP contribution in [0.3, 0.4) is 0 Å². The minimum Gasteiger partial charge on any atom is -0.337 e. The number of benzene rings is 2. The molecule has 0 saturated heterocycles. The second kappa shape index (κ2) is 6.94. The highest BCUT2D eigenvalue weighted by molar-refractivity contribution is 14.1. The van der Waals surface area contributed by atoms with Crippen molar-refractivity contribution < 1.29 is 9.18 Å². The molecule has 0 fully saturated rings. The van der Waals surface area contributed by atoms with Gasteiger partial charge in [0.05, 0.1) is 5.56 Å². The summed E-state index contributed by atoms with van der Waals surface area (Å²) >= 11 is 13.8. The molecule has 6 heteroatoms. The van der Waals surface area contributed by atoms with Crippen LogP contribution in [0.5, 0.6) is 0 Å². The van der Waals surface area contributed by atoms with Gasteiger partial charge in [0.1, 0.15) is 5.82 Å². The lowest BCUT2D eigenvalue weighted by atomic mass is 10.1. The minimum absolute atomic E-state index is 0.185. The molecule has 0 radical (unpaired) electrons. The Kier molecular flexibility index (Phi) is 5.46. The normalized spacial score (nSPS) is 10.5. The Morgan fingerprint density at radius 2 is 1.81 bits per heavy atom. The molecule has 0 atom stereocenters. The number of hydrogen-bond acceptors (Lipinski definition) is 1. The monoisotopic (exact) mass is 437 g/mol. The maximum atomic E-state index is 13.1. The van der Waals surface area contributed by atoms with Crippen molar-refractivity contribution in [2.24, 2.45) is 0 Å². The highest BCUT2D eigenvalue weighted by atomic mass is 127. The molecule has 0 aliphatic carbocycles. The third-order valence-electron chi connectivity index (χ3n) is 2.85. The molecule has 0 N–H and O–H groups in total. The maximum Gasteiger partial charge on any atom is 0.254 e. The predicted molar refractivity (Wildman–Crippen MR) is 91.4 cm³/mol. The van der Waals surface area contributed by atoms with Crippen molar-refractivity contribution in [3.63, 3.8) is 0 Å². The second-order valence-electron chi connectivity index (χ2n) is 4.56. The van der Waals surface area contributed by atoms with Crippen LogP contribution in [0.4, 0.5) is 4.39 Å². The number of carbonyl (C=O) groups is 1. The first-order valence-electron chi connectivity index (χ1n) is 6.02. The summed E-state index contributed by atoms with van der Waals surface area (Å²) in [5, 5.41) is 1.05. The molecular weight excluding hydrogens is 427 g/mol. The van der Waals surface area contributed by atoms with Crippen molar-refractivity contribution in [1.29, 1.82) is 0 Å². The van der Waals surface area contributed by atoms with Gasteiger partial charge in [-0.25, -0.2) is 4.39 Å². The van der Waals surface area contributed by atoms with E-state index in [0.717, 1.165) is 5.56 Å². The highest BCUT2D eigenvalue weighted by Crippen LogP contribution is 2.21. The smallest absolute Gasteiger partial charge is 0.254 e. The summed E-state index contributed by atoms with van der Waals surface area (Å²) in [6.45, 7) is 0.368. The summed E-state index contributed by atoms with van der Waals surface area (Å²) in [6.07, 6.45) is 0. The summed E-state index contributed by atoms with van der Waals surface area (Å²) in [6, 6.07) is 9.25. The zero-order valence-corrected chi connectivity index (χ0v) is 14.7. The van der Waals surface area contributed by atoms with E-state index in [-0.39, 0.29) is 11.7 Å². The van der Waals surface area contributed by atoms with Gasteiger partial charge in [0.25, 0.3) is 5.91 Å². The lowest BCUT2D eigenvalue weighted by Crippen LogP contribution is -2.27. The molecule has 2 aromatic carbocycles. The molecule has 21 heavy (non-hydrogen) atoms. The molecule has 2 aromatic rings. The molecule has 0 unspecified atom stereocenters. The van der Waals surface area contributed by atoms with Crippen molar-refractivity contribution in [3.05, 3.63) is 67.0 Å². The summed E-state index contributed by atoms with van der Waals surface area (Å²) < 4.78 is 13.7. The Morgan fingerprint density at radius 1 is 1.19 bits per heavy atom. The standard InChI is InChI=1S/C15H11Cl2FINO/c1-20(8-9-4-10(16)6-11(17)5-9)15(21)13-3-2-12(18)7-14(13)19/h2-7H,8H2,1H3. The Morgan fingerprint density at radius 3 is 2.38 bits per heavy atom. The van der Waals surface area contributed by atoms with Gasteiger partial charge in [-0.3, -0.25) is 4.79 Å². The number of halogens is 4. The first kappa shape index (κ1) is 16.5. The van der Waals surface area contributed by atoms with E-state index in [2.05, 4.69) is 0 Å². The van der Waals surface area contributed by atoms with Crippen molar-refractivity contribution in [1.82, 2.24) is 4.90 Å². The van der Waals surface area contributed by atoms with Gasteiger partial charge in [-0.15, -0.1) is 0 Å². The molecule has 0 heterocycles. The lowest BCUT2D eigenvalue weighted by Gasteiger charge is -2.18. The van der Waals surface area contributed by atoms with E-state index < -0.39 is 0 Å². The van der Waals surface area contributed by atoms with E-state index in [4.69, 9.17) is 23.2 Å². The SMILES string of the molecule is CN(Cc1cc(Cl)cc(Cl)c1)C(=O)c1ccc(F)cc1I. The fourth-order valence-electron chi connectivity index (χ4n) is 1.92. The van der Waals surface area contributed by atoms with Crippen molar-refractivity contribution >= 4 is 51.7 Å². The van der Waals surface area contributed by atoms with Crippen LogP contribution >= 0.6 is 45.8 Å². The molecular formula is C15H11Cl2FINO. The minimum atomic E-state index is -0.361. The van der Waals surface area contributed by atoms with Crippen molar-refractivity contribution in [2.75, 3.05) is 7.05 Å². The molecule has 1 amide bonds. The van der Waals surface area contributed by atoms with Crippen LogP contribution < -0.4 is 0 Å². The Bertz CT molecular complexity index is 673. The highest BCUT2D eigenvalue weighted by Gasteiger charge is 2.16. The van der Waals surface area contributed by atoms with Gasteiger partial charge in [-0.2, -0.15) is 0 Å². The zero-order chi connectivity index (χ0) is 15.6. The average molecular weight is 438 g/mol. The summed E-state index contributed by atoms with van der Waals surface area (Å²) in [5.41, 5.74) is 1.30. The molecule has 2 nitrogen and oxygen atoms in total. The second-order valence-corrected chi connectivity index (χ2v) is 6.60. The van der Waals surface area contributed by atoms with E-state index >= 15 is 0 Å². The van der Waals surface area contributed by atoms with E-state index in [1.807, 2.05) is 22.6 Å². The molecule has 0 aromatic heterocycles. The molecule has 0 bridgehead atoms. The van der Waals surface area contributed by atoms with Gasteiger partial charge >= 0.3 is 0 Å². The molecule has 0 aliphatic heterocycles. The average Bonchev–Trinajstić information content (AvgIpc) is 2.36. The number of carbonyl (C=O) groups excluding carboxylic acids is 1. The number of amides is 1. The number of nitrogens with zero attached hydrogens (tertiary/aromatic N) is 1. The summed E-state index contributed by atoms with van der Waals surface area (Å²) in [5.74, 6) is -0.546. The third kappa shape index (κ3) is 4.31. The number of rotatable bonds is 3. The predicted octanol–water partition coefficient (Wildman–Crippen LogP) is 5.01. The van der Waals surface area contributed by atoms with Crippen LogP contribution in [0.15, 0.2) is 36.4 Å². The fraction of sp³-hybridized carbons (Fsp3) is 0.133. The van der Waals surface area contributed by atoms with Gasteiger partial charge in [0.15, 0.2) is 0 Å². The summed E-state index contributed by atoms with van der Waals surface area (Å²) in [4.78, 5) is 13.9. The Balaban J connectivity index is 2.19.